The Labute approximate surface area is 209 Å². The van der Waals surface area contributed by atoms with Crippen molar-refractivity contribution >= 4 is 56.4 Å². The summed E-state index contributed by atoms with van der Waals surface area (Å²) in [6, 6.07) is 14.7. The van der Waals surface area contributed by atoms with Crippen LogP contribution in [0.2, 0.25) is 15.1 Å². The van der Waals surface area contributed by atoms with Crippen LogP contribution in [0.4, 0.5) is 18.9 Å². The highest BCUT2D eigenvalue weighted by molar-refractivity contribution is 7.89. The fourth-order valence-corrected chi connectivity index (χ4v) is 5.08. The van der Waals surface area contributed by atoms with Crippen molar-refractivity contribution in [1.82, 2.24) is 4.31 Å². The van der Waals surface area contributed by atoms with Crippen LogP contribution in [-0.4, -0.2) is 25.2 Å². The van der Waals surface area contributed by atoms with Crippen LogP contribution in [-0.2, 0) is 27.5 Å². The quantitative estimate of drug-likeness (QED) is 0.365. The second-order valence-electron chi connectivity index (χ2n) is 7.06. The van der Waals surface area contributed by atoms with Crippen molar-refractivity contribution in [2.45, 2.75) is 17.6 Å². The zero-order valence-electron chi connectivity index (χ0n) is 17.1. The van der Waals surface area contributed by atoms with Gasteiger partial charge in [0.15, 0.2) is 0 Å². The maximum absolute atomic E-state index is 13.2. The van der Waals surface area contributed by atoms with E-state index in [1.54, 1.807) is 6.07 Å². The summed E-state index contributed by atoms with van der Waals surface area (Å²) in [5.41, 5.74) is -0.943. The van der Waals surface area contributed by atoms with Crippen LogP contribution in [0.25, 0.3) is 0 Å². The molecule has 0 aromatic heterocycles. The lowest BCUT2D eigenvalue weighted by Gasteiger charge is -2.22. The minimum atomic E-state index is -4.73. The predicted molar refractivity (Wildman–Crippen MR) is 126 cm³/mol. The van der Waals surface area contributed by atoms with E-state index in [0.29, 0.717) is 16.7 Å². The number of carbonyl (C=O) groups excluding carboxylic acids is 1. The van der Waals surface area contributed by atoms with E-state index in [4.69, 9.17) is 34.8 Å². The molecule has 0 aliphatic rings. The lowest BCUT2D eigenvalue weighted by Crippen LogP contribution is -2.37. The lowest BCUT2D eigenvalue weighted by atomic mass is 10.2. The van der Waals surface area contributed by atoms with Crippen LogP contribution in [0, 0.1) is 0 Å². The molecule has 5 nitrogen and oxygen atoms in total. The van der Waals surface area contributed by atoms with Crippen LogP contribution in [0.3, 0.4) is 0 Å². The van der Waals surface area contributed by atoms with Crippen LogP contribution in [0.1, 0.15) is 11.1 Å². The van der Waals surface area contributed by atoms with E-state index in [-0.39, 0.29) is 22.2 Å². The van der Waals surface area contributed by atoms with Crippen LogP contribution in [0.15, 0.2) is 71.6 Å². The summed E-state index contributed by atoms with van der Waals surface area (Å²) in [5.74, 6) is -0.861. The molecule has 1 N–H and O–H groups in total. The Kier molecular flexibility index (Phi) is 8.15. The second-order valence-corrected chi connectivity index (χ2v) is 10.3. The smallest absolute Gasteiger partial charge is 0.325 e. The topological polar surface area (TPSA) is 66.5 Å². The van der Waals surface area contributed by atoms with Gasteiger partial charge in [0.2, 0.25) is 15.9 Å². The zero-order valence-corrected chi connectivity index (χ0v) is 20.2. The number of halogens is 6. The molecule has 0 bridgehead atoms. The van der Waals surface area contributed by atoms with E-state index in [9.17, 15) is 26.4 Å². The fourth-order valence-electron chi connectivity index (χ4n) is 2.99. The van der Waals surface area contributed by atoms with E-state index >= 15 is 0 Å². The monoisotopic (exact) mass is 550 g/mol. The van der Waals surface area contributed by atoms with E-state index in [2.05, 4.69) is 5.32 Å². The molecule has 0 atom stereocenters. The largest absolute Gasteiger partial charge is 0.417 e. The number of nitrogens with one attached hydrogen (secondary N) is 1. The first-order chi connectivity index (χ1) is 15.9. The van der Waals surface area contributed by atoms with Gasteiger partial charge >= 0.3 is 6.18 Å². The molecule has 0 aliphatic carbocycles. The van der Waals surface area contributed by atoms with Gasteiger partial charge < -0.3 is 5.32 Å². The van der Waals surface area contributed by atoms with Gasteiger partial charge in [-0.05, 0) is 48.0 Å². The summed E-state index contributed by atoms with van der Waals surface area (Å²) < 4.78 is 66.7. The van der Waals surface area contributed by atoms with Gasteiger partial charge in [-0.15, -0.1) is 0 Å². The SMILES string of the molecule is O=C(CN(Cc1ccc(Cl)cc1Cl)S(=O)(=O)c1ccccc1)Nc1ccc(Cl)c(C(F)(F)F)c1. The third-order valence-electron chi connectivity index (χ3n) is 4.62. The summed E-state index contributed by atoms with van der Waals surface area (Å²) >= 11 is 17.7. The van der Waals surface area contributed by atoms with Crippen molar-refractivity contribution in [2.24, 2.45) is 0 Å². The fraction of sp³-hybridized carbons (Fsp3) is 0.136. The van der Waals surface area contributed by atoms with Gasteiger partial charge in [-0.25, -0.2) is 8.42 Å². The molecule has 0 saturated carbocycles. The first-order valence-corrected chi connectivity index (χ1v) is 12.1. The van der Waals surface area contributed by atoms with Gasteiger partial charge in [-0.1, -0.05) is 59.1 Å². The predicted octanol–water partition coefficient (Wildman–Crippen LogP) is 6.50. The maximum Gasteiger partial charge on any atom is 0.417 e. The first-order valence-electron chi connectivity index (χ1n) is 9.53. The number of amides is 1. The second kappa shape index (κ2) is 10.5. The van der Waals surface area contributed by atoms with E-state index in [1.807, 2.05) is 0 Å². The zero-order chi connectivity index (χ0) is 25.1. The van der Waals surface area contributed by atoms with Crippen molar-refractivity contribution in [2.75, 3.05) is 11.9 Å². The Morgan fingerprint density at radius 2 is 1.59 bits per heavy atom. The van der Waals surface area contributed by atoms with E-state index < -0.39 is 39.2 Å². The number of anilines is 1. The van der Waals surface area contributed by atoms with Crippen LogP contribution < -0.4 is 5.32 Å². The number of carbonyl (C=O) groups is 1. The van der Waals surface area contributed by atoms with Crippen molar-refractivity contribution in [1.29, 1.82) is 0 Å². The molecule has 34 heavy (non-hydrogen) atoms. The molecule has 12 heteroatoms. The van der Waals surface area contributed by atoms with Crippen LogP contribution in [0.5, 0.6) is 0 Å². The van der Waals surface area contributed by atoms with E-state index in [0.717, 1.165) is 10.4 Å². The average Bonchev–Trinajstić information content (AvgIpc) is 2.76. The number of rotatable bonds is 7. The molecule has 180 valence electrons. The molecule has 3 aromatic rings. The molecule has 0 heterocycles. The minimum Gasteiger partial charge on any atom is -0.325 e. The van der Waals surface area contributed by atoms with Gasteiger partial charge in [0.05, 0.1) is 22.0 Å². The Morgan fingerprint density at radius 1 is 0.912 bits per heavy atom. The molecule has 1 amide bonds. The lowest BCUT2D eigenvalue weighted by molar-refractivity contribution is -0.137. The first kappa shape index (κ1) is 26.3. The normalized spacial score (nSPS) is 12.1. The molecule has 0 spiro atoms. The summed E-state index contributed by atoms with van der Waals surface area (Å²) in [6.45, 7) is -0.977. The molecular weight excluding hydrogens is 536 g/mol. The highest BCUT2D eigenvalue weighted by atomic mass is 35.5. The molecule has 0 fully saturated rings. The Bertz CT molecular complexity index is 1300. The Balaban J connectivity index is 1.90. The Hall–Kier alpha value is -2.30. The standard InChI is InChI=1S/C22H16Cl3F3N2O3S/c23-15-7-6-14(20(25)10-15)12-30(34(32,33)17-4-2-1-3-5-17)13-21(31)29-16-8-9-19(24)18(11-16)22(26,27)28/h1-11H,12-13H2,(H,29,31). The molecule has 0 radical (unpaired) electrons. The number of benzene rings is 3. The highest BCUT2D eigenvalue weighted by Crippen LogP contribution is 2.36. The maximum atomic E-state index is 13.2. The molecule has 3 aromatic carbocycles. The number of hydrogen-bond acceptors (Lipinski definition) is 3. The summed E-state index contributed by atoms with van der Waals surface area (Å²) in [6.07, 6.45) is -4.73. The third kappa shape index (κ3) is 6.43. The molecule has 0 saturated heterocycles. The van der Waals surface area contributed by atoms with Crippen molar-refractivity contribution < 1.29 is 26.4 Å². The summed E-state index contributed by atoms with van der Waals surface area (Å²) in [7, 11) is -4.17. The van der Waals surface area contributed by atoms with Gasteiger partial charge in [0, 0.05) is 22.3 Å². The van der Waals surface area contributed by atoms with E-state index in [1.165, 1.54) is 48.5 Å². The van der Waals surface area contributed by atoms with Gasteiger partial charge in [-0.3, -0.25) is 4.79 Å². The van der Waals surface area contributed by atoms with Crippen molar-refractivity contribution in [3.63, 3.8) is 0 Å². The Morgan fingerprint density at radius 3 is 2.21 bits per heavy atom. The number of alkyl halides is 3. The summed E-state index contributed by atoms with van der Waals surface area (Å²) in [5, 5.41) is 2.28. The summed E-state index contributed by atoms with van der Waals surface area (Å²) in [4.78, 5) is 12.6. The number of nitrogens with zero attached hydrogens (tertiary/aromatic N) is 1. The van der Waals surface area contributed by atoms with Crippen molar-refractivity contribution in [3.05, 3.63) is 92.9 Å². The number of hydrogen-bond donors (Lipinski definition) is 1. The molecular formula is C22H16Cl3F3N2O3S. The third-order valence-corrected chi connectivity index (χ3v) is 7.34. The van der Waals surface area contributed by atoms with Gasteiger partial charge in [0.1, 0.15) is 0 Å². The molecule has 0 aliphatic heterocycles. The van der Waals surface area contributed by atoms with Crippen molar-refractivity contribution in [3.8, 4) is 0 Å². The minimum absolute atomic E-state index is 0.0706. The number of sulfonamides is 1. The highest BCUT2D eigenvalue weighted by Gasteiger charge is 2.34. The van der Waals surface area contributed by atoms with Gasteiger partial charge in [-0.2, -0.15) is 17.5 Å². The van der Waals surface area contributed by atoms with Gasteiger partial charge in [0.25, 0.3) is 0 Å². The average molecular weight is 552 g/mol. The molecule has 0 unspecified atom stereocenters. The van der Waals surface area contributed by atoms with Crippen LogP contribution >= 0.6 is 34.8 Å². The molecule has 3 rings (SSSR count).